The lowest BCUT2D eigenvalue weighted by atomic mass is 10.1. The van der Waals surface area contributed by atoms with E-state index in [-0.39, 0.29) is 30.1 Å². The number of halogens is 1. The molecule has 0 spiro atoms. The van der Waals surface area contributed by atoms with Crippen LogP contribution in [0.25, 0.3) is 16.5 Å². The van der Waals surface area contributed by atoms with Gasteiger partial charge in [0.05, 0.1) is 24.0 Å². The van der Waals surface area contributed by atoms with Crippen LogP contribution in [-0.2, 0) is 4.79 Å². The normalized spacial score (nSPS) is 18.0. The fourth-order valence-corrected chi connectivity index (χ4v) is 5.27. The van der Waals surface area contributed by atoms with Gasteiger partial charge in [0.1, 0.15) is 23.2 Å². The number of aromatic hydroxyl groups is 1. The van der Waals surface area contributed by atoms with Crippen LogP contribution in [0, 0.1) is 11.3 Å². The highest BCUT2D eigenvalue weighted by molar-refractivity contribution is 6.30. The van der Waals surface area contributed by atoms with Gasteiger partial charge in [-0.25, -0.2) is 14.3 Å². The van der Waals surface area contributed by atoms with Crippen LogP contribution < -0.4 is 10.4 Å². The number of hydrogen-bond acceptors (Lipinski definition) is 6. The van der Waals surface area contributed by atoms with Crippen molar-refractivity contribution < 1.29 is 14.6 Å². The largest absolute Gasteiger partial charge is 0.493 e. The van der Waals surface area contributed by atoms with Crippen LogP contribution in [0.2, 0.25) is 5.02 Å². The van der Waals surface area contributed by atoms with Gasteiger partial charge in [0.25, 0.3) is 5.91 Å². The lowest BCUT2D eigenvalue weighted by Gasteiger charge is -2.27. The van der Waals surface area contributed by atoms with E-state index < -0.39 is 11.7 Å². The molecule has 0 saturated carbocycles. The van der Waals surface area contributed by atoms with Crippen molar-refractivity contribution in [2.24, 2.45) is 0 Å². The number of nitriles is 1. The minimum Gasteiger partial charge on any atom is -0.493 e. The fourth-order valence-electron chi connectivity index (χ4n) is 5.14. The number of fused-ring (bicyclic) bond motifs is 6. The summed E-state index contributed by atoms with van der Waals surface area (Å²) in [5, 5.41) is 22.4. The van der Waals surface area contributed by atoms with Crippen LogP contribution in [-0.4, -0.2) is 43.2 Å². The van der Waals surface area contributed by atoms with E-state index in [9.17, 15) is 20.0 Å². The van der Waals surface area contributed by atoms with Gasteiger partial charge in [-0.05, 0) is 30.7 Å². The topological polar surface area (TPSA) is 113 Å². The first kappa shape index (κ1) is 21.3. The summed E-state index contributed by atoms with van der Waals surface area (Å²) < 4.78 is 8.39. The number of hydrogen-bond donors (Lipinski definition) is 1. The predicted octanol–water partition coefficient (Wildman–Crippen LogP) is 3.32. The maximum absolute atomic E-state index is 13.4. The van der Waals surface area contributed by atoms with Gasteiger partial charge in [-0.1, -0.05) is 35.9 Å². The second-order valence-corrected chi connectivity index (χ2v) is 8.98. The zero-order valence-corrected chi connectivity index (χ0v) is 19.0. The van der Waals surface area contributed by atoms with Crippen LogP contribution in [0.5, 0.6) is 11.6 Å². The van der Waals surface area contributed by atoms with Crippen LogP contribution >= 0.6 is 11.6 Å². The molecule has 9 nitrogen and oxygen atoms in total. The Kier molecular flexibility index (Phi) is 4.79. The highest BCUT2D eigenvalue weighted by Gasteiger charge is 2.49. The Hall–Kier alpha value is -4.29. The summed E-state index contributed by atoms with van der Waals surface area (Å²) in [6, 6.07) is 15.2. The van der Waals surface area contributed by atoms with Gasteiger partial charge in [0.2, 0.25) is 5.88 Å². The lowest BCUT2D eigenvalue weighted by Crippen LogP contribution is -2.40. The Bertz CT molecular complexity index is 1600. The van der Waals surface area contributed by atoms with Crippen molar-refractivity contribution in [3.8, 4) is 23.4 Å². The van der Waals surface area contributed by atoms with Gasteiger partial charge in [-0.15, -0.1) is 0 Å². The highest BCUT2D eigenvalue weighted by Crippen LogP contribution is 2.48. The van der Waals surface area contributed by atoms with Crippen LogP contribution in [0.1, 0.15) is 29.9 Å². The van der Waals surface area contributed by atoms with Crippen molar-refractivity contribution in [2.75, 3.05) is 13.2 Å². The van der Waals surface area contributed by atoms with E-state index in [1.54, 1.807) is 58.0 Å². The number of imidazole rings is 1. The first-order valence-electron chi connectivity index (χ1n) is 11.0. The van der Waals surface area contributed by atoms with Crippen molar-refractivity contribution in [2.45, 2.75) is 18.5 Å². The summed E-state index contributed by atoms with van der Waals surface area (Å²) in [5.41, 5.74) is 0.624. The monoisotopic (exact) mass is 487 g/mol. The number of pyridine rings is 1. The molecule has 4 heterocycles. The van der Waals surface area contributed by atoms with Gasteiger partial charge in [-0.3, -0.25) is 9.36 Å². The predicted molar refractivity (Wildman–Crippen MR) is 127 cm³/mol. The molecule has 2 aromatic carbocycles. The van der Waals surface area contributed by atoms with Gasteiger partial charge < -0.3 is 14.7 Å². The number of carbonyl (C=O) groups excluding carboxylic acids is 1. The number of amides is 1. The van der Waals surface area contributed by atoms with E-state index in [1.807, 2.05) is 0 Å². The second kappa shape index (κ2) is 7.89. The zero-order chi connectivity index (χ0) is 24.3. The standard InChI is InChI=1S/C25H18ClN5O4/c26-14-5-7-16(8-6-14)35-13-22(32)29-12-15-9-20(29)23-24(33)31(25(34)30(15)23)21-11-28-19(10-27)17-3-1-2-4-18(17)21/h1-8,11,15,20,33H,9,12-13H2. The SMILES string of the molecule is N#Cc1ncc(-n2c(O)c3n(c2=O)C2CC3N(C(=O)COc3ccc(Cl)cc3)C2)c2ccccc12. The van der Waals surface area contributed by atoms with E-state index in [0.717, 1.165) is 0 Å². The number of benzene rings is 2. The van der Waals surface area contributed by atoms with Crippen LogP contribution in [0.4, 0.5) is 0 Å². The molecule has 1 N–H and O–H groups in total. The minimum absolute atomic E-state index is 0.166. The van der Waals surface area contributed by atoms with Crippen molar-refractivity contribution in [3.63, 3.8) is 0 Å². The number of carbonyl (C=O) groups is 1. The molecule has 2 aliphatic rings. The summed E-state index contributed by atoms with van der Waals surface area (Å²) >= 11 is 5.89. The molecule has 10 heteroatoms. The maximum Gasteiger partial charge on any atom is 0.336 e. The summed E-state index contributed by atoms with van der Waals surface area (Å²) in [7, 11) is 0. The Morgan fingerprint density at radius 1 is 1.20 bits per heavy atom. The minimum atomic E-state index is -0.437. The second-order valence-electron chi connectivity index (χ2n) is 8.54. The van der Waals surface area contributed by atoms with E-state index in [2.05, 4.69) is 11.1 Å². The molecule has 1 fully saturated rings. The van der Waals surface area contributed by atoms with E-state index >= 15 is 0 Å². The van der Waals surface area contributed by atoms with Crippen molar-refractivity contribution >= 4 is 28.3 Å². The molecule has 1 saturated heterocycles. The lowest BCUT2D eigenvalue weighted by molar-refractivity contribution is -0.134. The molecule has 4 aromatic rings. The molecule has 174 valence electrons. The number of likely N-dealkylation sites (tertiary alicyclic amines) is 1. The molecule has 35 heavy (non-hydrogen) atoms. The number of rotatable bonds is 4. The number of ether oxygens (including phenoxy) is 1. The summed E-state index contributed by atoms with van der Waals surface area (Å²) in [6.07, 6.45) is 1.97. The molecule has 2 unspecified atom stereocenters. The first-order valence-corrected chi connectivity index (χ1v) is 11.4. The molecule has 0 aliphatic carbocycles. The highest BCUT2D eigenvalue weighted by atomic mass is 35.5. The van der Waals surface area contributed by atoms with Crippen molar-refractivity contribution in [1.82, 2.24) is 19.0 Å². The maximum atomic E-state index is 13.4. The third-order valence-corrected chi connectivity index (χ3v) is 6.93. The Balaban J connectivity index is 1.34. The Morgan fingerprint density at radius 3 is 2.69 bits per heavy atom. The molecular weight excluding hydrogens is 470 g/mol. The Labute approximate surface area is 204 Å². The van der Waals surface area contributed by atoms with E-state index in [0.29, 0.717) is 45.9 Å². The van der Waals surface area contributed by atoms with Gasteiger partial charge in [-0.2, -0.15) is 5.26 Å². The molecule has 1 amide bonds. The average Bonchev–Trinajstić information content (AvgIpc) is 3.54. The number of aromatic nitrogens is 3. The third-order valence-electron chi connectivity index (χ3n) is 6.67. The zero-order valence-electron chi connectivity index (χ0n) is 18.3. The molecular formula is C25H18ClN5O4. The van der Waals surface area contributed by atoms with Gasteiger partial charge in [0, 0.05) is 22.3 Å². The average molecular weight is 488 g/mol. The molecule has 2 bridgehead atoms. The molecule has 2 aromatic heterocycles. The van der Waals surface area contributed by atoms with E-state index in [4.69, 9.17) is 16.3 Å². The summed E-state index contributed by atoms with van der Waals surface area (Å²) in [6.45, 7) is 0.191. The van der Waals surface area contributed by atoms with Gasteiger partial charge in [0.15, 0.2) is 6.61 Å². The van der Waals surface area contributed by atoms with Crippen LogP contribution in [0.15, 0.2) is 59.5 Å². The van der Waals surface area contributed by atoms with Crippen molar-refractivity contribution in [3.05, 3.63) is 81.6 Å². The third kappa shape index (κ3) is 3.18. The van der Waals surface area contributed by atoms with Crippen LogP contribution in [0.3, 0.4) is 0 Å². The molecule has 0 radical (unpaired) electrons. The fraction of sp³-hybridized carbons (Fsp3) is 0.200. The smallest absolute Gasteiger partial charge is 0.336 e. The first-order chi connectivity index (χ1) is 17.0. The summed E-state index contributed by atoms with van der Waals surface area (Å²) in [5.74, 6) is 0.0669. The quantitative estimate of drug-likeness (QED) is 0.472. The Morgan fingerprint density at radius 2 is 1.94 bits per heavy atom. The molecule has 6 rings (SSSR count). The molecule has 2 aliphatic heterocycles. The van der Waals surface area contributed by atoms with Crippen molar-refractivity contribution in [1.29, 1.82) is 5.26 Å². The van der Waals surface area contributed by atoms with Gasteiger partial charge >= 0.3 is 5.69 Å². The molecule has 2 atom stereocenters. The number of nitrogens with zero attached hydrogens (tertiary/aromatic N) is 5. The van der Waals surface area contributed by atoms with E-state index in [1.165, 1.54) is 10.8 Å². The summed E-state index contributed by atoms with van der Waals surface area (Å²) in [4.78, 5) is 32.2.